The zero-order chi connectivity index (χ0) is 18.4. The second-order valence-electron chi connectivity index (χ2n) is 7.25. The molecule has 26 heavy (non-hydrogen) atoms. The molecule has 1 aromatic heterocycles. The SMILES string of the molecule is CC(C)CN1CCN(c2cc(NCC(O)c3ccccc3)ncn2)CC1. The van der Waals surface area contributed by atoms with Gasteiger partial charge in [0.2, 0.25) is 0 Å². The van der Waals surface area contributed by atoms with E-state index in [1.165, 1.54) is 0 Å². The van der Waals surface area contributed by atoms with Gasteiger partial charge in [0.05, 0.1) is 6.10 Å². The highest BCUT2D eigenvalue weighted by Gasteiger charge is 2.19. The van der Waals surface area contributed by atoms with E-state index in [1.54, 1.807) is 6.33 Å². The summed E-state index contributed by atoms with van der Waals surface area (Å²) in [4.78, 5) is 13.5. The average Bonchev–Trinajstić information content (AvgIpc) is 2.67. The molecule has 3 rings (SSSR count). The van der Waals surface area contributed by atoms with Crippen LogP contribution in [0.2, 0.25) is 0 Å². The van der Waals surface area contributed by atoms with E-state index in [1.807, 2.05) is 36.4 Å². The number of hydrogen-bond donors (Lipinski definition) is 2. The summed E-state index contributed by atoms with van der Waals surface area (Å²) < 4.78 is 0. The van der Waals surface area contributed by atoms with Crippen molar-refractivity contribution in [3.63, 3.8) is 0 Å². The van der Waals surface area contributed by atoms with Crippen molar-refractivity contribution in [2.45, 2.75) is 20.0 Å². The first-order valence-electron chi connectivity index (χ1n) is 9.38. The van der Waals surface area contributed by atoms with E-state index in [2.05, 4.69) is 38.9 Å². The van der Waals surface area contributed by atoms with Crippen molar-refractivity contribution in [3.8, 4) is 0 Å². The number of piperazine rings is 1. The normalized spacial score (nSPS) is 16.7. The van der Waals surface area contributed by atoms with E-state index < -0.39 is 6.10 Å². The minimum atomic E-state index is -0.561. The van der Waals surface area contributed by atoms with Gasteiger partial charge in [-0.15, -0.1) is 0 Å². The van der Waals surface area contributed by atoms with Gasteiger partial charge in [-0.1, -0.05) is 44.2 Å². The minimum Gasteiger partial charge on any atom is -0.387 e. The number of aliphatic hydroxyl groups excluding tert-OH is 1. The third-order valence-corrected chi connectivity index (χ3v) is 4.63. The molecule has 1 unspecified atom stereocenters. The summed E-state index contributed by atoms with van der Waals surface area (Å²) in [5.74, 6) is 2.39. The van der Waals surface area contributed by atoms with Crippen LogP contribution in [0.1, 0.15) is 25.5 Å². The Balaban J connectivity index is 1.54. The zero-order valence-corrected chi connectivity index (χ0v) is 15.7. The van der Waals surface area contributed by atoms with Crippen LogP contribution in [0.25, 0.3) is 0 Å². The fourth-order valence-corrected chi connectivity index (χ4v) is 3.29. The Morgan fingerprint density at radius 1 is 1.08 bits per heavy atom. The van der Waals surface area contributed by atoms with Crippen LogP contribution in [0, 0.1) is 5.92 Å². The van der Waals surface area contributed by atoms with Crippen molar-refractivity contribution in [1.82, 2.24) is 14.9 Å². The molecule has 1 atom stereocenters. The van der Waals surface area contributed by atoms with Gasteiger partial charge in [0.1, 0.15) is 18.0 Å². The Bertz CT molecular complexity index is 671. The summed E-state index contributed by atoms with van der Waals surface area (Å²) in [6.45, 7) is 10.2. The quantitative estimate of drug-likeness (QED) is 0.795. The number of aromatic nitrogens is 2. The van der Waals surface area contributed by atoms with Gasteiger partial charge in [-0.3, -0.25) is 4.90 Å². The molecule has 0 aliphatic carbocycles. The Kier molecular flexibility index (Phi) is 6.41. The van der Waals surface area contributed by atoms with Crippen molar-refractivity contribution in [3.05, 3.63) is 48.3 Å². The highest BCUT2D eigenvalue weighted by molar-refractivity contribution is 5.49. The fourth-order valence-electron chi connectivity index (χ4n) is 3.29. The fraction of sp³-hybridized carbons (Fsp3) is 0.500. The molecule has 0 spiro atoms. The smallest absolute Gasteiger partial charge is 0.134 e. The molecule has 0 saturated carbocycles. The lowest BCUT2D eigenvalue weighted by Gasteiger charge is -2.36. The van der Waals surface area contributed by atoms with Gasteiger partial charge in [-0.25, -0.2) is 9.97 Å². The predicted octanol–water partition coefficient (Wildman–Crippen LogP) is 2.40. The second-order valence-corrected chi connectivity index (χ2v) is 7.25. The number of nitrogens with zero attached hydrogens (tertiary/aromatic N) is 4. The molecule has 2 aromatic rings. The van der Waals surface area contributed by atoms with Crippen molar-refractivity contribution >= 4 is 11.6 Å². The molecular weight excluding hydrogens is 326 g/mol. The van der Waals surface area contributed by atoms with Crippen LogP contribution in [0.4, 0.5) is 11.6 Å². The lowest BCUT2D eigenvalue weighted by Crippen LogP contribution is -2.47. The molecule has 1 fully saturated rings. The van der Waals surface area contributed by atoms with Crippen LogP contribution >= 0.6 is 0 Å². The molecule has 0 amide bonds. The van der Waals surface area contributed by atoms with Crippen LogP contribution in [0.15, 0.2) is 42.7 Å². The summed E-state index contributed by atoms with van der Waals surface area (Å²) in [6.07, 6.45) is 1.03. The van der Waals surface area contributed by atoms with Gasteiger partial charge < -0.3 is 15.3 Å². The van der Waals surface area contributed by atoms with Gasteiger partial charge in [-0.05, 0) is 11.5 Å². The molecule has 6 heteroatoms. The molecule has 1 aromatic carbocycles. The maximum Gasteiger partial charge on any atom is 0.134 e. The van der Waals surface area contributed by atoms with Crippen LogP contribution < -0.4 is 10.2 Å². The number of aliphatic hydroxyl groups is 1. The van der Waals surface area contributed by atoms with Gasteiger partial charge in [-0.2, -0.15) is 0 Å². The number of rotatable bonds is 7. The monoisotopic (exact) mass is 355 g/mol. The van der Waals surface area contributed by atoms with Crippen LogP contribution in [0.3, 0.4) is 0 Å². The van der Waals surface area contributed by atoms with Crippen LogP contribution in [0.5, 0.6) is 0 Å². The summed E-state index contributed by atoms with van der Waals surface area (Å²) in [6, 6.07) is 11.6. The molecule has 1 saturated heterocycles. The minimum absolute atomic E-state index is 0.419. The maximum atomic E-state index is 10.3. The summed E-state index contributed by atoms with van der Waals surface area (Å²) in [5, 5.41) is 13.5. The molecular formula is C20H29N5O. The molecule has 6 nitrogen and oxygen atoms in total. The standard InChI is InChI=1S/C20H29N5O/c1-16(2)14-24-8-10-25(11-9-24)20-12-19(22-15-23-20)21-13-18(26)17-6-4-3-5-7-17/h3-7,12,15-16,18,26H,8-11,13-14H2,1-2H3,(H,21,22,23). The first-order chi connectivity index (χ1) is 12.6. The summed E-state index contributed by atoms with van der Waals surface area (Å²) in [7, 11) is 0. The van der Waals surface area contributed by atoms with Crippen LogP contribution in [-0.2, 0) is 0 Å². The summed E-state index contributed by atoms with van der Waals surface area (Å²) >= 11 is 0. The van der Waals surface area contributed by atoms with Crippen molar-refractivity contribution < 1.29 is 5.11 Å². The number of hydrogen-bond acceptors (Lipinski definition) is 6. The molecule has 0 bridgehead atoms. The van der Waals surface area contributed by atoms with Gasteiger partial charge in [0.15, 0.2) is 0 Å². The Morgan fingerprint density at radius 2 is 1.81 bits per heavy atom. The van der Waals surface area contributed by atoms with E-state index in [0.29, 0.717) is 12.5 Å². The second kappa shape index (κ2) is 8.96. The van der Waals surface area contributed by atoms with Gasteiger partial charge in [0.25, 0.3) is 0 Å². The number of anilines is 2. The van der Waals surface area contributed by atoms with Gasteiger partial charge >= 0.3 is 0 Å². The Morgan fingerprint density at radius 3 is 2.50 bits per heavy atom. The van der Waals surface area contributed by atoms with Gasteiger partial charge in [0, 0.05) is 45.3 Å². The predicted molar refractivity (Wildman–Crippen MR) is 105 cm³/mol. The Hall–Kier alpha value is -2.18. The molecule has 140 valence electrons. The molecule has 2 heterocycles. The van der Waals surface area contributed by atoms with E-state index in [0.717, 1.165) is 49.9 Å². The topological polar surface area (TPSA) is 64.5 Å². The first kappa shape index (κ1) is 18.6. The molecule has 1 aliphatic heterocycles. The zero-order valence-electron chi connectivity index (χ0n) is 15.7. The van der Waals surface area contributed by atoms with Crippen molar-refractivity contribution in [2.24, 2.45) is 5.92 Å². The lowest BCUT2D eigenvalue weighted by atomic mass is 10.1. The maximum absolute atomic E-state index is 10.3. The number of benzene rings is 1. The molecule has 2 N–H and O–H groups in total. The lowest BCUT2D eigenvalue weighted by molar-refractivity contribution is 0.191. The average molecular weight is 355 g/mol. The van der Waals surface area contributed by atoms with Crippen molar-refractivity contribution in [1.29, 1.82) is 0 Å². The van der Waals surface area contributed by atoms with E-state index in [4.69, 9.17) is 0 Å². The third kappa shape index (κ3) is 5.16. The van der Waals surface area contributed by atoms with E-state index >= 15 is 0 Å². The summed E-state index contributed by atoms with van der Waals surface area (Å²) in [5.41, 5.74) is 0.899. The largest absolute Gasteiger partial charge is 0.387 e. The Labute approximate surface area is 155 Å². The highest BCUT2D eigenvalue weighted by atomic mass is 16.3. The number of nitrogens with one attached hydrogen (secondary N) is 1. The van der Waals surface area contributed by atoms with E-state index in [-0.39, 0.29) is 0 Å². The third-order valence-electron chi connectivity index (χ3n) is 4.63. The first-order valence-corrected chi connectivity index (χ1v) is 9.38. The van der Waals surface area contributed by atoms with Crippen molar-refractivity contribution in [2.75, 3.05) is 49.5 Å². The highest BCUT2D eigenvalue weighted by Crippen LogP contribution is 2.18. The van der Waals surface area contributed by atoms with Crippen LogP contribution in [-0.4, -0.2) is 59.2 Å². The molecule has 1 aliphatic rings. The molecule has 0 radical (unpaired) electrons. The van der Waals surface area contributed by atoms with E-state index in [9.17, 15) is 5.11 Å².